The van der Waals surface area contributed by atoms with Gasteiger partial charge in [-0.2, -0.15) is 5.10 Å². The molecule has 1 heterocycles. The lowest BCUT2D eigenvalue weighted by Crippen LogP contribution is -2.09. The number of aromatic nitrogens is 2. The highest BCUT2D eigenvalue weighted by Gasteiger charge is 2.08. The molecule has 0 aliphatic rings. The Morgan fingerprint density at radius 1 is 1.30 bits per heavy atom. The van der Waals surface area contributed by atoms with E-state index in [0.717, 1.165) is 5.56 Å². The first-order chi connectivity index (χ1) is 11.1. The molecular weight excluding hydrogens is 294 g/mol. The molecule has 2 rings (SSSR count). The Labute approximate surface area is 135 Å². The summed E-state index contributed by atoms with van der Waals surface area (Å²) in [6.07, 6.45) is 6.67. The minimum Gasteiger partial charge on any atom is -0.494 e. The Kier molecular flexibility index (Phi) is 5.80. The normalized spacial score (nSPS) is 10.7. The summed E-state index contributed by atoms with van der Waals surface area (Å²) in [7, 11) is 1.82. The minimum absolute atomic E-state index is 0.247. The third kappa shape index (κ3) is 4.88. The summed E-state index contributed by atoms with van der Waals surface area (Å²) >= 11 is 0. The van der Waals surface area contributed by atoms with Crippen LogP contribution in [0.1, 0.15) is 19.4 Å². The molecule has 0 unspecified atom stereocenters. The standard InChI is InChI=1S/C17H21N3O3/c1-4-22-14-7-8-16(23-5-2)15(10-14)19-17(21)9-6-13-11-18-20(3)12-13/h6-12H,4-5H2,1-3H3,(H,19,21)/b9-6+. The summed E-state index contributed by atoms with van der Waals surface area (Å²) in [5.74, 6) is 1.05. The first-order valence-electron chi connectivity index (χ1n) is 7.49. The average molecular weight is 315 g/mol. The zero-order valence-electron chi connectivity index (χ0n) is 13.6. The van der Waals surface area contributed by atoms with Crippen molar-refractivity contribution in [1.82, 2.24) is 9.78 Å². The molecule has 0 radical (unpaired) electrons. The summed E-state index contributed by atoms with van der Waals surface area (Å²) < 4.78 is 12.7. The molecule has 0 saturated carbocycles. The molecule has 0 fully saturated rings. The highest BCUT2D eigenvalue weighted by atomic mass is 16.5. The van der Waals surface area contributed by atoms with Crippen LogP contribution in [0, 0.1) is 0 Å². The lowest BCUT2D eigenvalue weighted by molar-refractivity contribution is -0.111. The van der Waals surface area contributed by atoms with Gasteiger partial charge in [0, 0.05) is 31.0 Å². The number of amides is 1. The number of carbonyl (C=O) groups is 1. The second-order valence-corrected chi connectivity index (χ2v) is 4.79. The Balaban J connectivity index is 2.11. The van der Waals surface area contributed by atoms with Gasteiger partial charge in [0.25, 0.3) is 0 Å². The van der Waals surface area contributed by atoms with Gasteiger partial charge in [0.05, 0.1) is 25.1 Å². The Morgan fingerprint density at radius 2 is 2.09 bits per heavy atom. The van der Waals surface area contributed by atoms with E-state index in [-0.39, 0.29) is 5.91 Å². The van der Waals surface area contributed by atoms with Crippen molar-refractivity contribution in [3.05, 3.63) is 42.2 Å². The number of aryl methyl sites for hydroxylation is 1. The van der Waals surface area contributed by atoms with Crippen molar-refractivity contribution in [3.63, 3.8) is 0 Å². The van der Waals surface area contributed by atoms with Gasteiger partial charge < -0.3 is 14.8 Å². The second kappa shape index (κ2) is 8.03. The van der Waals surface area contributed by atoms with Crippen LogP contribution in [-0.4, -0.2) is 28.9 Å². The molecule has 1 aromatic carbocycles. The first kappa shape index (κ1) is 16.6. The van der Waals surface area contributed by atoms with Crippen LogP contribution in [0.25, 0.3) is 6.08 Å². The fourth-order valence-corrected chi connectivity index (χ4v) is 2.02. The van der Waals surface area contributed by atoms with Crippen molar-refractivity contribution in [3.8, 4) is 11.5 Å². The molecule has 23 heavy (non-hydrogen) atoms. The molecule has 2 aromatic rings. The molecule has 0 saturated heterocycles. The van der Waals surface area contributed by atoms with E-state index in [1.54, 1.807) is 29.1 Å². The number of hydrogen-bond acceptors (Lipinski definition) is 4. The van der Waals surface area contributed by atoms with Gasteiger partial charge in [0.15, 0.2) is 0 Å². The lowest BCUT2D eigenvalue weighted by atomic mass is 10.2. The topological polar surface area (TPSA) is 65.4 Å². The van der Waals surface area contributed by atoms with Crippen molar-refractivity contribution in [1.29, 1.82) is 0 Å². The van der Waals surface area contributed by atoms with Gasteiger partial charge in [-0.25, -0.2) is 0 Å². The molecule has 0 aliphatic carbocycles. The maximum absolute atomic E-state index is 12.1. The largest absolute Gasteiger partial charge is 0.494 e. The minimum atomic E-state index is -0.247. The zero-order valence-corrected chi connectivity index (χ0v) is 13.6. The van der Waals surface area contributed by atoms with Crippen LogP contribution in [0.3, 0.4) is 0 Å². The van der Waals surface area contributed by atoms with Gasteiger partial charge in [-0.05, 0) is 32.1 Å². The summed E-state index contributed by atoms with van der Waals surface area (Å²) in [6, 6.07) is 5.36. The molecule has 6 nitrogen and oxygen atoms in total. The van der Waals surface area contributed by atoms with E-state index in [0.29, 0.717) is 30.4 Å². The monoisotopic (exact) mass is 315 g/mol. The quantitative estimate of drug-likeness (QED) is 0.798. The maximum atomic E-state index is 12.1. The zero-order chi connectivity index (χ0) is 16.7. The van der Waals surface area contributed by atoms with Crippen molar-refractivity contribution in [2.24, 2.45) is 7.05 Å². The summed E-state index contributed by atoms with van der Waals surface area (Å²) in [4.78, 5) is 12.1. The highest BCUT2D eigenvalue weighted by molar-refractivity contribution is 6.02. The molecule has 0 spiro atoms. The SMILES string of the molecule is CCOc1ccc(OCC)c(NC(=O)/C=C/c2cnn(C)c2)c1. The van der Waals surface area contributed by atoms with Crippen molar-refractivity contribution >= 4 is 17.7 Å². The smallest absolute Gasteiger partial charge is 0.248 e. The Hall–Kier alpha value is -2.76. The van der Waals surface area contributed by atoms with Crippen molar-refractivity contribution in [2.45, 2.75) is 13.8 Å². The van der Waals surface area contributed by atoms with Crippen LogP contribution in [-0.2, 0) is 11.8 Å². The van der Waals surface area contributed by atoms with E-state index in [4.69, 9.17) is 9.47 Å². The third-order valence-electron chi connectivity index (χ3n) is 2.97. The van der Waals surface area contributed by atoms with Crippen LogP contribution >= 0.6 is 0 Å². The predicted molar refractivity (Wildman–Crippen MR) is 89.7 cm³/mol. The van der Waals surface area contributed by atoms with E-state index in [1.165, 1.54) is 6.08 Å². The number of nitrogens with one attached hydrogen (secondary N) is 1. The molecular formula is C17H21N3O3. The van der Waals surface area contributed by atoms with Crippen LogP contribution in [0.5, 0.6) is 11.5 Å². The molecule has 122 valence electrons. The molecule has 6 heteroatoms. The fraction of sp³-hybridized carbons (Fsp3) is 0.294. The van der Waals surface area contributed by atoms with E-state index in [1.807, 2.05) is 33.2 Å². The van der Waals surface area contributed by atoms with Gasteiger partial charge in [-0.1, -0.05) is 0 Å². The highest BCUT2D eigenvalue weighted by Crippen LogP contribution is 2.29. The maximum Gasteiger partial charge on any atom is 0.248 e. The van der Waals surface area contributed by atoms with Gasteiger partial charge in [0.2, 0.25) is 5.91 Å². The Morgan fingerprint density at radius 3 is 2.74 bits per heavy atom. The predicted octanol–water partition coefficient (Wildman–Crippen LogP) is 2.87. The van der Waals surface area contributed by atoms with Crippen LogP contribution in [0.2, 0.25) is 0 Å². The van der Waals surface area contributed by atoms with Gasteiger partial charge in [0.1, 0.15) is 11.5 Å². The van der Waals surface area contributed by atoms with E-state index >= 15 is 0 Å². The third-order valence-corrected chi connectivity index (χ3v) is 2.97. The average Bonchev–Trinajstić information content (AvgIpc) is 2.94. The van der Waals surface area contributed by atoms with E-state index in [9.17, 15) is 4.79 Å². The lowest BCUT2D eigenvalue weighted by Gasteiger charge is -2.12. The second-order valence-electron chi connectivity index (χ2n) is 4.79. The van der Waals surface area contributed by atoms with Crippen LogP contribution < -0.4 is 14.8 Å². The number of carbonyl (C=O) groups excluding carboxylic acids is 1. The number of rotatable bonds is 7. The Bertz CT molecular complexity index is 692. The van der Waals surface area contributed by atoms with E-state index in [2.05, 4.69) is 10.4 Å². The van der Waals surface area contributed by atoms with Crippen LogP contribution in [0.4, 0.5) is 5.69 Å². The number of benzene rings is 1. The molecule has 1 N–H and O–H groups in total. The molecule has 1 amide bonds. The molecule has 0 atom stereocenters. The van der Waals surface area contributed by atoms with Crippen molar-refractivity contribution in [2.75, 3.05) is 18.5 Å². The van der Waals surface area contributed by atoms with Crippen molar-refractivity contribution < 1.29 is 14.3 Å². The number of ether oxygens (including phenoxy) is 2. The number of nitrogens with zero attached hydrogens (tertiary/aromatic N) is 2. The number of anilines is 1. The summed E-state index contributed by atoms with van der Waals surface area (Å²) in [6.45, 7) is 4.88. The number of hydrogen-bond donors (Lipinski definition) is 1. The summed E-state index contributed by atoms with van der Waals surface area (Å²) in [5, 5.41) is 6.86. The van der Waals surface area contributed by atoms with Gasteiger partial charge >= 0.3 is 0 Å². The fourth-order valence-electron chi connectivity index (χ4n) is 2.02. The molecule has 0 aliphatic heterocycles. The van der Waals surface area contributed by atoms with Crippen LogP contribution in [0.15, 0.2) is 36.7 Å². The molecule has 1 aromatic heterocycles. The summed E-state index contributed by atoms with van der Waals surface area (Å²) in [5.41, 5.74) is 1.44. The first-order valence-corrected chi connectivity index (χ1v) is 7.49. The molecule has 0 bridgehead atoms. The van der Waals surface area contributed by atoms with Gasteiger partial charge in [-0.3, -0.25) is 9.48 Å². The van der Waals surface area contributed by atoms with E-state index < -0.39 is 0 Å². The van der Waals surface area contributed by atoms with Gasteiger partial charge in [-0.15, -0.1) is 0 Å².